The molecule has 0 aliphatic carbocycles. The van der Waals surface area contributed by atoms with Crippen molar-refractivity contribution in [1.29, 1.82) is 0 Å². The minimum atomic E-state index is -0.651. The topological polar surface area (TPSA) is 64.6 Å². The van der Waals surface area contributed by atoms with E-state index in [0.717, 1.165) is 11.1 Å². The highest BCUT2D eigenvalue weighted by Crippen LogP contribution is 2.20. The normalized spacial score (nSPS) is 11.8. The molecule has 0 bridgehead atoms. The summed E-state index contributed by atoms with van der Waals surface area (Å²) in [7, 11) is 0. The first kappa shape index (κ1) is 20.5. The number of anilines is 1. The minimum Gasteiger partial charge on any atom is -0.481 e. The average molecular weight is 369 g/mol. The number of esters is 1. The second-order valence-corrected chi connectivity index (χ2v) is 7.09. The van der Waals surface area contributed by atoms with Crippen LogP contribution in [0.15, 0.2) is 42.5 Å². The summed E-state index contributed by atoms with van der Waals surface area (Å²) < 4.78 is 11.0. The van der Waals surface area contributed by atoms with E-state index < -0.39 is 6.10 Å². The molecule has 0 fully saturated rings. The summed E-state index contributed by atoms with van der Waals surface area (Å²) >= 11 is 0. The SMILES string of the molecule is Cc1ccc(OC(C)C(=O)Nc2ccc(C(=O)OCC(C)C)cc2)c(C)c1. The van der Waals surface area contributed by atoms with Gasteiger partial charge in [0.25, 0.3) is 5.91 Å². The number of carbonyl (C=O) groups excluding carboxylic acids is 2. The van der Waals surface area contributed by atoms with E-state index in [1.54, 1.807) is 31.2 Å². The molecule has 27 heavy (non-hydrogen) atoms. The van der Waals surface area contributed by atoms with Crippen LogP contribution in [0.5, 0.6) is 5.75 Å². The molecule has 5 nitrogen and oxygen atoms in total. The summed E-state index contributed by atoms with van der Waals surface area (Å²) in [5.41, 5.74) is 3.17. The van der Waals surface area contributed by atoms with Crippen LogP contribution in [0.4, 0.5) is 5.69 Å². The summed E-state index contributed by atoms with van der Waals surface area (Å²) in [4.78, 5) is 24.3. The van der Waals surface area contributed by atoms with Gasteiger partial charge in [-0.15, -0.1) is 0 Å². The molecular formula is C22H27NO4. The summed E-state index contributed by atoms with van der Waals surface area (Å²) in [6, 6.07) is 12.4. The summed E-state index contributed by atoms with van der Waals surface area (Å²) in [5.74, 6) is 0.343. The first-order chi connectivity index (χ1) is 12.8. The Kier molecular flexibility index (Phi) is 6.99. The van der Waals surface area contributed by atoms with Crippen LogP contribution in [0, 0.1) is 19.8 Å². The van der Waals surface area contributed by atoms with Crippen LogP contribution in [0.3, 0.4) is 0 Å². The molecule has 0 heterocycles. The van der Waals surface area contributed by atoms with Crippen LogP contribution in [0.25, 0.3) is 0 Å². The van der Waals surface area contributed by atoms with Crippen molar-refractivity contribution < 1.29 is 19.1 Å². The largest absolute Gasteiger partial charge is 0.481 e. The molecule has 0 saturated carbocycles. The molecule has 0 spiro atoms. The zero-order valence-corrected chi connectivity index (χ0v) is 16.5. The van der Waals surface area contributed by atoms with Crippen LogP contribution in [0.2, 0.25) is 0 Å². The molecule has 0 radical (unpaired) electrons. The monoisotopic (exact) mass is 369 g/mol. The highest BCUT2D eigenvalue weighted by Gasteiger charge is 2.16. The Morgan fingerprint density at radius 3 is 2.26 bits per heavy atom. The molecule has 2 aromatic rings. The molecule has 144 valence electrons. The Morgan fingerprint density at radius 1 is 1.00 bits per heavy atom. The third-order valence-corrected chi connectivity index (χ3v) is 3.94. The van der Waals surface area contributed by atoms with Crippen LogP contribution in [-0.4, -0.2) is 24.6 Å². The standard InChI is InChI=1S/C22H27NO4/c1-14(2)13-26-22(25)18-7-9-19(10-8-18)23-21(24)17(5)27-20-11-6-15(3)12-16(20)4/h6-12,14,17H,13H2,1-5H3,(H,23,24). The second-order valence-electron chi connectivity index (χ2n) is 7.09. The number of ether oxygens (including phenoxy) is 2. The number of amides is 1. The third-order valence-electron chi connectivity index (χ3n) is 3.94. The maximum Gasteiger partial charge on any atom is 0.338 e. The van der Waals surface area contributed by atoms with Crippen molar-refractivity contribution in [3.8, 4) is 5.75 Å². The zero-order valence-electron chi connectivity index (χ0n) is 16.5. The molecule has 0 aliphatic heterocycles. The van der Waals surface area contributed by atoms with Crippen LogP contribution < -0.4 is 10.1 Å². The Hall–Kier alpha value is -2.82. The lowest BCUT2D eigenvalue weighted by Crippen LogP contribution is -2.30. The van der Waals surface area contributed by atoms with Gasteiger partial charge < -0.3 is 14.8 Å². The van der Waals surface area contributed by atoms with Crippen molar-refractivity contribution in [1.82, 2.24) is 0 Å². The van der Waals surface area contributed by atoms with Gasteiger partial charge in [0, 0.05) is 5.69 Å². The quantitative estimate of drug-likeness (QED) is 0.729. The van der Waals surface area contributed by atoms with Crippen molar-refractivity contribution in [3.05, 3.63) is 59.2 Å². The summed E-state index contributed by atoms with van der Waals surface area (Å²) in [6.45, 7) is 10.00. The van der Waals surface area contributed by atoms with Crippen molar-refractivity contribution >= 4 is 17.6 Å². The minimum absolute atomic E-state index is 0.259. The first-order valence-electron chi connectivity index (χ1n) is 9.08. The van der Waals surface area contributed by atoms with Crippen molar-refractivity contribution in [3.63, 3.8) is 0 Å². The van der Waals surface area contributed by atoms with E-state index in [9.17, 15) is 9.59 Å². The van der Waals surface area contributed by atoms with Gasteiger partial charge in [-0.1, -0.05) is 31.5 Å². The zero-order chi connectivity index (χ0) is 20.0. The number of carbonyl (C=O) groups is 2. The molecule has 0 aliphatic rings. The maximum atomic E-state index is 12.4. The fraction of sp³-hybridized carbons (Fsp3) is 0.364. The van der Waals surface area contributed by atoms with Gasteiger partial charge in [0.15, 0.2) is 6.10 Å². The van der Waals surface area contributed by atoms with Gasteiger partial charge in [0.1, 0.15) is 5.75 Å². The van der Waals surface area contributed by atoms with E-state index in [1.165, 1.54) is 0 Å². The van der Waals surface area contributed by atoms with E-state index in [-0.39, 0.29) is 17.8 Å². The smallest absolute Gasteiger partial charge is 0.338 e. The predicted octanol–water partition coefficient (Wildman–Crippen LogP) is 4.52. The molecule has 2 rings (SSSR count). The maximum absolute atomic E-state index is 12.4. The van der Waals surface area contributed by atoms with Gasteiger partial charge in [0.2, 0.25) is 0 Å². The second kappa shape index (κ2) is 9.21. The number of hydrogen-bond donors (Lipinski definition) is 1. The van der Waals surface area contributed by atoms with Crippen LogP contribution in [-0.2, 0) is 9.53 Å². The van der Waals surface area contributed by atoms with Crippen molar-refractivity contribution in [2.75, 3.05) is 11.9 Å². The molecule has 2 aromatic carbocycles. The van der Waals surface area contributed by atoms with Crippen LogP contribution >= 0.6 is 0 Å². The van der Waals surface area contributed by atoms with Gasteiger partial charge in [-0.05, 0) is 62.6 Å². The third kappa shape index (κ3) is 6.13. The van der Waals surface area contributed by atoms with Gasteiger partial charge in [-0.25, -0.2) is 4.79 Å². The van der Waals surface area contributed by atoms with Gasteiger partial charge in [-0.3, -0.25) is 4.79 Å². The average Bonchev–Trinajstić information content (AvgIpc) is 2.62. The number of aryl methyl sites for hydroxylation is 2. The van der Waals surface area contributed by atoms with E-state index in [0.29, 0.717) is 23.6 Å². The van der Waals surface area contributed by atoms with E-state index in [4.69, 9.17) is 9.47 Å². The van der Waals surface area contributed by atoms with Crippen molar-refractivity contribution in [2.24, 2.45) is 5.92 Å². The van der Waals surface area contributed by atoms with Gasteiger partial charge >= 0.3 is 5.97 Å². The lowest BCUT2D eigenvalue weighted by molar-refractivity contribution is -0.122. The molecule has 1 N–H and O–H groups in total. The Morgan fingerprint density at radius 2 is 1.67 bits per heavy atom. The molecule has 0 saturated heterocycles. The van der Waals surface area contributed by atoms with E-state index in [2.05, 4.69) is 5.32 Å². The number of nitrogens with one attached hydrogen (secondary N) is 1. The van der Waals surface area contributed by atoms with Gasteiger partial charge in [-0.2, -0.15) is 0 Å². The lowest BCUT2D eigenvalue weighted by atomic mass is 10.1. The predicted molar refractivity (Wildman–Crippen MR) is 106 cm³/mol. The fourth-order valence-electron chi connectivity index (χ4n) is 2.43. The number of rotatable bonds is 7. The fourth-order valence-corrected chi connectivity index (χ4v) is 2.43. The molecule has 1 unspecified atom stereocenters. The number of hydrogen-bond acceptors (Lipinski definition) is 4. The van der Waals surface area contributed by atoms with E-state index >= 15 is 0 Å². The Balaban J connectivity index is 1.93. The first-order valence-corrected chi connectivity index (χ1v) is 9.08. The highest BCUT2D eigenvalue weighted by atomic mass is 16.5. The van der Waals surface area contributed by atoms with Crippen LogP contribution in [0.1, 0.15) is 42.3 Å². The van der Waals surface area contributed by atoms with Gasteiger partial charge in [0.05, 0.1) is 12.2 Å². The highest BCUT2D eigenvalue weighted by molar-refractivity contribution is 5.95. The number of benzene rings is 2. The Bertz CT molecular complexity index is 796. The van der Waals surface area contributed by atoms with E-state index in [1.807, 2.05) is 45.9 Å². The molecule has 1 amide bonds. The Labute approximate surface area is 160 Å². The van der Waals surface area contributed by atoms with Crippen molar-refractivity contribution in [2.45, 2.75) is 40.7 Å². The summed E-state index contributed by atoms with van der Waals surface area (Å²) in [5, 5.41) is 2.79. The molecule has 5 heteroatoms. The molecule has 1 atom stereocenters. The summed E-state index contributed by atoms with van der Waals surface area (Å²) in [6.07, 6.45) is -0.651. The molecular weight excluding hydrogens is 342 g/mol. The lowest BCUT2D eigenvalue weighted by Gasteiger charge is -2.16. The molecule has 0 aromatic heterocycles.